The van der Waals surface area contributed by atoms with Crippen LogP contribution in [0.2, 0.25) is 0 Å². The van der Waals surface area contributed by atoms with E-state index < -0.39 is 0 Å². The summed E-state index contributed by atoms with van der Waals surface area (Å²) < 4.78 is 9.09. The molecule has 0 aliphatic heterocycles. The third-order valence-corrected chi connectivity index (χ3v) is 15.2. The van der Waals surface area contributed by atoms with E-state index in [0.717, 1.165) is 88.4 Å². The molecule has 0 bridgehead atoms. The van der Waals surface area contributed by atoms with Crippen molar-refractivity contribution in [3.63, 3.8) is 0 Å². The highest BCUT2D eigenvalue weighted by atomic mass is 16.1. The lowest BCUT2D eigenvalue weighted by Gasteiger charge is -2.15. The Balaban J connectivity index is 0.817. The number of hydrogen-bond acceptors (Lipinski definition) is 2. The van der Waals surface area contributed by atoms with E-state index in [2.05, 4.69) is 188 Å². The largest absolute Gasteiger partial charge is 0.309 e. The van der Waals surface area contributed by atoms with E-state index in [1.165, 1.54) is 21.5 Å². The first-order chi connectivity index (χ1) is 36.6. The van der Waals surface area contributed by atoms with Crippen molar-refractivity contribution in [2.45, 2.75) is 0 Å². The second-order valence-electron chi connectivity index (χ2n) is 19.1. The van der Waals surface area contributed by atoms with Crippen LogP contribution in [0, 0.1) is 0 Å². The van der Waals surface area contributed by atoms with Crippen molar-refractivity contribution in [1.82, 2.24) is 18.3 Å². The fourth-order valence-electron chi connectivity index (χ4n) is 12.0. The van der Waals surface area contributed by atoms with Gasteiger partial charge in [-0.2, -0.15) is 0 Å². The second-order valence-corrected chi connectivity index (χ2v) is 19.1. The number of hydrogen-bond donors (Lipinski definition) is 0. The van der Waals surface area contributed by atoms with E-state index in [0.29, 0.717) is 22.3 Å². The Hall–Kier alpha value is -10.0. The third-order valence-electron chi connectivity index (χ3n) is 15.2. The number of fused-ring (bicyclic) bond motifs is 12. The topological polar surface area (TPSA) is 53.9 Å². The summed E-state index contributed by atoms with van der Waals surface area (Å²) in [5.41, 5.74) is 14.2. The van der Waals surface area contributed by atoms with Gasteiger partial charge in [0.25, 0.3) is 0 Å². The summed E-state index contributed by atoms with van der Waals surface area (Å²) in [7, 11) is 0. The van der Waals surface area contributed by atoms with Gasteiger partial charge in [-0.25, -0.2) is 0 Å². The van der Waals surface area contributed by atoms with Gasteiger partial charge in [-0.3, -0.25) is 9.59 Å². The Labute approximate surface area is 424 Å². The fourth-order valence-corrected chi connectivity index (χ4v) is 12.0. The third kappa shape index (κ3) is 6.12. The standard InChI is InChI=1S/C68H42N4O2/c73-67(53-26-7-15-34-63(53)71-61-32-13-5-24-51(61)55-41-45(36-38-65(55)71)69-57-28-9-1-20-47(57)48-21-2-10-29-58(48)69)43-18-17-19-44(40-43)68(74)54-27-8-16-35-64(54)72-62-33-14-6-25-52(62)56-42-46(37-39-66(56)72)70-59-30-11-3-22-49(59)50-23-4-12-31-60(50)70/h1-42H. The minimum absolute atomic E-state index is 0.169. The lowest BCUT2D eigenvalue weighted by Crippen LogP contribution is -2.11. The molecule has 74 heavy (non-hydrogen) atoms. The minimum Gasteiger partial charge on any atom is -0.309 e. The molecule has 11 aromatic carbocycles. The highest BCUT2D eigenvalue weighted by molar-refractivity contribution is 6.19. The quantitative estimate of drug-likeness (QED) is 0.143. The van der Waals surface area contributed by atoms with E-state index in [1.807, 2.05) is 78.9 Å². The lowest BCUT2D eigenvalue weighted by molar-refractivity contribution is 0.103. The smallest absolute Gasteiger partial charge is 0.195 e. The molecule has 0 radical (unpaired) electrons. The number of para-hydroxylation sites is 8. The van der Waals surface area contributed by atoms with Gasteiger partial charge in [0, 0.05) is 76.7 Å². The van der Waals surface area contributed by atoms with Gasteiger partial charge < -0.3 is 18.3 Å². The van der Waals surface area contributed by atoms with E-state index in [-0.39, 0.29) is 11.6 Å². The van der Waals surface area contributed by atoms with Gasteiger partial charge >= 0.3 is 0 Å². The van der Waals surface area contributed by atoms with Crippen LogP contribution in [0.25, 0.3) is 110 Å². The van der Waals surface area contributed by atoms with Crippen molar-refractivity contribution >= 4 is 98.8 Å². The number of nitrogens with zero attached hydrogens (tertiary/aromatic N) is 4. The number of carbonyl (C=O) groups is 2. The highest BCUT2D eigenvalue weighted by Crippen LogP contribution is 2.40. The lowest BCUT2D eigenvalue weighted by atomic mass is 9.96. The van der Waals surface area contributed by atoms with Crippen LogP contribution in [0.4, 0.5) is 0 Å². The predicted octanol–water partition coefficient (Wildman–Crippen LogP) is 16.5. The van der Waals surface area contributed by atoms with Crippen LogP contribution >= 0.6 is 0 Å². The zero-order valence-corrected chi connectivity index (χ0v) is 39.9. The van der Waals surface area contributed by atoms with Crippen molar-refractivity contribution in [2.75, 3.05) is 0 Å². The maximum absolute atomic E-state index is 15.1. The summed E-state index contributed by atoms with van der Waals surface area (Å²) in [6.07, 6.45) is 0. The van der Waals surface area contributed by atoms with Crippen molar-refractivity contribution in [3.8, 4) is 22.7 Å². The van der Waals surface area contributed by atoms with Gasteiger partial charge in [-0.1, -0.05) is 152 Å². The SMILES string of the molecule is O=C(c1cccc(C(=O)c2ccccc2-n2c3ccccc3c3cc(-n4c5ccccc5c5ccccc54)ccc32)c1)c1ccccc1-n1c2ccccc2c2cc(-n3c4ccccc4c4ccccc43)ccc21. The molecule has 0 atom stereocenters. The minimum atomic E-state index is -0.169. The van der Waals surface area contributed by atoms with Gasteiger partial charge in [0.15, 0.2) is 11.6 Å². The molecule has 15 aromatic rings. The summed E-state index contributed by atoms with van der Waals surface area (Å²) in [6.45, 7) is 0. The average Bonchev–Trinajstić information content (AvgIpc) is 4.19. The molecule has 4 heterocycles. The summed E-state index contributed by atoms with van der Waals surface area (Å²) in [5.74, 6) is -0.337. The van der Waals surface area contributed by atoms with Gasteiger partial charge in [0.2, 0.25) is 0 Å². The number of ketones is 2. The Morgan fingerprint density at radius 2 is 0.514 bits per heavy atom. The molecule has 346 valence electrons. The van der Waals surface area contributed by atoms with E-state index in [4.69, 9.17) is 0 Å². The molecule has 0 fully saturated rings. The molecule has 0 N–H and O–H groups in total. The number of rotatable bonds is 8. The molecule has 0 amide bonds. The van der Waals surface area contributed by atoms with Crippen molar-refractivity contribution in [3.05, 3.63) is 277 Å². The van der Waals surface area contributed by atoms with Crippen LogP contribution in [0.1, 0.15) is 31.8 Å². The zero-order valence-electron chi connectivity index (χ0n) is 39.9. The monoisotopic (exact) mass is 946 g/mol. The van der Waals surface area contributed by atoms with Crippen LogP contribution < -0.4 is 0 Å². The van der Waals surface area contributed by atoms with Crippen molar-refractivity contribution in [1.29, 1.82) is 0 Å². The molecular formula is C68H42N4O2. The van der Waals surface area contributed by atoms with Crippen molar-refractivity contribution < 1.29 is 9.59 Å². The van der Waals surface area contributed by atoms with E-state index in [1.54, 1.807) is 6.07 Å². The summed E-state index contributed by atoms with van der Waals surface area (Å²) >= 11 is 0. The second kappa shape index (κ2) is 16.2. The van der Waals surface area contributed by atoms with Crippen molar-refractivity contribution in [2.24, 2.45) is 0 Å². The Kier molecular flexibility index (Phi) is 9.16. The van der Waals surface area contributed by atoms with Gasteiger partial charge in [-0.05, 0) is 103 Å². The van der Waals surface area contributed by atoms with E-state index in [9.17, 15) is 0 Å². The zero-order chi connectivity index (χ0) is 49.0. The summed E-state index contributed by atoms with van der Waals surface area (Å²) in [6, 6.07) is 87.1. The molecule has 0 aliphatic rings. The molecule has 4 aromatic heterocycles. The first kappa shape index (κ1) is 41.7. The first-order valence-electron chi connectivity index (χ1n) is 25.0. The maximum Gasteiger partial charge on any atom is 0.195 e. The molecule has 6 heteroatoms. The molecule has 0 aliphatic carbocycles. The van der Waals surface area contributed by atoms with Crippen LogP contribution in [0.3, 0.4) is 0 Å². The molecule has 0 saturated carbocycles. The number of aromatic nitrogens is 4. The van der Waals surface area contributed by atoms with Gasteiger partial charge in [0.05, 0.1) is 55.5 Å². The highest BCUT2D eigenvalue weighted by Gasteiger charge is 2.24. The van der Waals surface area contributed by atoms with Crippen LogP contribution in [0.5, 0.6) is 0 Å². The Morgan fingerprint density at radius 1 is 0.230 bits per heavy atom. The molecule has 0 spiro atoms. The average molecular weight is 947 g/mol. The Morgan fingerprint density at radius 3 is 0.878 bits per heavy atom. The van der Waals surface area contributed by atoms with Crippen LogP contribution in [-0.2, 0) is 0 Å². The molecular weight excluding hydrogens is 905 g/mol. The van der Waals surface area contributed by atoms with Crippen LogP contribution in [0.15, 0.2) is 255 Å². The van der Waals surface area contributed by atoms with Crippen LogP contribution in [-0.4, -0.2) is 29.8 Å². The summed E-state index contributed by atoms with van der Waals surface area (Å²) in [4.78, 5) is 30.1. The fraction of sp³-hybridized carbons (Fsp3) is 0. The number of benzene rings is 11. The normalized spacial score (nSPS) is 11.9. The van der Waals surface area contributed by atoms with Gasteiger partial charge in [0.1, 0.15) is 0 Å². The molecule has 0 unspecified atom stereocenters. The van der Waals surface area contributed by atoms with E-state index >= 15 is 9.59 Å². The maximum atomic E-state index is 15.1. The first-order valence-corrected chi connectivity index (χ1v) is 25.0. The molecule has 15 rings (SSSR count). The summed E-state index contributed by atoms with van der Waals surface area (Å²) in [5, 5.41) is 9.18. The van der Waals surface area contributed by atoms with Gasteiger partial charge in [-0.15, -0.1) is 0 Å². The molecule has 0 saturated heterocycles. The Bertz CT molecular complexity index is 4440. The molecule has 6 nitrogen and oxygen atoms in total. The number of carbonyl (C=O) groups excluding carboxylic acids is 2. The predicted molar refractivity (Wildman–Crippen MR) is 304 cm³/mol.